The molecule has 1 fully saturated rings. The maximum absolute atomic E-state index is 13.3. The van der Waals surface area contributed by atoms with Crippen molar-refractivity contribution in [3.8, 4) is 6.07 Å². The highest BCUT2D eigenvalue weighted by Gasteiger charge is 2.45. The van der Waals surface area contributed by atoms with E-state index in [0.29, 0.717) is 17.2 Å². The number of alkyl halides is 3. The molecule has 0 aromatic carbocycles. The van der Waals surface area contributed by atoms with E-state index >= 15 is 0 Å². The molecule has 0 radical (unpaired) electrons. The van der Waals surface area contributed by atoms with E-state index in [9.17, 15) is 18.0 Å². The van der Waals surface area contributed by atoms with Gasteiger partial charge in [-0.1, -0.05) is 0 Å². The van der Waals surface area contributed by atoms with Gasteiger partial charge in [0.25, 0.3) is 0 Å². The van der Waals surface area contributed by atoms with Gasteiger partial charge in [-0.25, -0.2) is 4.79 Å². The van der Waals surface area contributed by atoms with Crippen molar-refractivity contribution in [3.63, 3.8) is 0 Å². The molecule has 2 aromatic heterocycles. The SMILES string of the molecule is CCOC(=O)c1ccc(C(F)(F)F)n2c(NC3(C#N)CC3)nnc12. The Hall–Kier alpha value is -2.83. The molecule has 10 heteroatoms. The number of esters is 1. The molecular formula is C14H12F3N5O2. The van der Waals surface area contributed by atoms with Crippen LogP contribution in [0.3, 0.4) is 0 Å². The topological polar surface area (TPSA) is 92.3 Å². The second-order valence-electron chi connectivity index (χ2n) is 5.35. The first-order valence-corrected chi connectivity index (χ1v) is 7.13. The average molecular weight is 339 g/mol. The van der Waals surface area contributed by atoms with Crippen LogP contribution < -0.4 is 5.32 Å². The van der Waals surface area contributed by atoms with E-state index in [1.807, 2.05) is 6.07 Å². The number of halogens is 3. The summed E-state index contributed by atoms with van der Waals surface area (Å²) in [5.41, 5.74) is -2.40. The Morgan fingerprint density at radius 3 is 2.71 bits per heavy atom. The summed E-state index contributed by atoms with van der Waals surface area (Å²) in [6, 6.07) is 3.78. The van der Waals surface area contributed by atoms with E-state index < -0.39 is 23.4 Å². The van der Waals surface area contributed by atoms with Gasteiger partial charge in [0.1, 0.15) is 16.8 Å². The predicted molar refractivity (Wildman–Crippen MR) is 75.1 cm³/mol. The number of anilines is 1. The van der Waals surface area contributed by atoms with Gasteiger partial charge in [-0.15, -0.1) is 10.2 Å². The monoisotopic (exact) mass is 339 g/mol. The van der Waals surface area contributed by atoms with Crippen LogP contribution in [0.15, 0.2) is 12.1 Å². The molecular weight excluding hydrogens is 327 g/mol. The van der Waals surface area contributed by atoms with E-state index in [1.54, 1.807) is 6.92 Å². The van der Waals surface area contributed by atoms with Gasteiger partial charge in [0.2, 0.25) is 5.95 Å². The number of carbonyl (C=O) groups excluding carboxylic acids is 1. The van der Waals surface area contributed by atoms with Gasteiger partial charge in [0, 0.05) is 0 Å². The third-order valence-corrected chi connectivity index (χ3v) is 3.65. The number of hydrogen-bond donors (Lipinski definition) is 1. The molecule has 1 saturated carbocycles. The van der Waals surface area contributed by atoms with E-state index in [1.165, 1.54) is 0 Å². The molecule has 1 aliphatic rings. The summed E-state index contributed by atoms with van der Waals surface area (Å²) < 4.78 is 45.4. The quantitative estimate of drug-likeness (QED) is 0.860. The van der Waals surface area contributed by atoms with Crippen LogP contribution in [0, 0.1) is 11.3 Å². The van der Waals surface area contributed by atoms with Crippen molar-refractivity contribution in [1.29, 1.82) is 5.26 Å². The maximum atomic E-state index is 13.3. The summed E-state index contributed by atoms with van der Waals surface area (Å²) in [6.45, 7) is 1.66. The number of hydrogen-bond acceptors (Lipinski definition) is 6. The molecule has 1 N–H and O–H groups in total. The van der Waals surface area contributed by atoms with Crippen molar-refractivity contribution in [2.75, 3.05) is 11.9 Å². The summed E-state index contributed by atoms with van der Waals surface area (Å²) >= 11 is 0. The van der Waals surface area contributed by atoms with Crippen LogP contribution in [0.25, 0.3) is 5.65 Å². The summed E-state index contributed by atoms with van der Waals surface area (Å²) in [4.78, 5) is 11.9. The third-order valence-electron chi connectivity index (χ3n) is 3.65. The highest BCUT2D eigenvalue weighted by atomic mass is 19.4. The summed E-state index contributed by atoms with van der Waals surface area (Å²) in [5, 5.41) is 19.2. The van der Waals surface area contributed by atoms with Crippen molar-refractivity contribution in [1.82, 2.24) is 14.6 Å². The van der Waals surface area contributed by atoms with Crippen molar-refractivity contribution < 1.29 is 22.7 Å². The van der Waals surface area contributed by atoms with Crippen molar-refractivity contribution in [3.05, 3.63) is 23.4 Å². The number of carbonyl (C=O) groups is 1. The number of pyridine rings is 1. The van der Waals surface area contributed by atoms with Crippen LogP contribution >= 0.6 is 0 Å². The first-order valence-electron chi connectivity index (χ1n) is 7.13. The van der Waals surface area contributed by atoms with Crippen molar-refractivity contribution in [2.45, 2.75) is 31.5 Å². The number of fused-ring (bicyclic) bond motifs is 1. The first kappa shape index (κ1) is 16.0. The Morgan fingerprint density at radius 1 is 1.46 bits per heavy atom. The summed E-state index contributed by atoms with van der Waals surface area (Å²) in [7, 11) is 0. The van der Waals surface area contributed by atoms with Crippen LogP contribution in [-0.2, 0) is 10.9 Å². The highest BCUT2D eigenvalue weighted by Crippen LogP contribution is 2.39. The Labute approximate surface area is 134 Å². The largest absolute Gasteiger partial charge is 0.462 e. The zero-order valence-corrected chi connectivity index (χ0v) is 12.5. The predicted octanol–water partition coefficient (Wildman–Crippen LogP) is 2.39. The first-order chi connectivity index (χ1) is 11.3. The van der Waals surface area contributed by atoms with Crippen LogP contribution in [0.1, 0.15) is 35.8 Å². The third kappa shape index (κ3) is 2.62. The van der Waals surface area contributed by atoms with Gasteiger partial charge >= 0.3 is 12.1 Å². The van der Waals surface area contributed by atoms with Gasteiger partial charge in [-0.2, -0.15) is 18.4 Å². The van der Waals surface area contributed by atoms with Crippen LogP contribution in [-0.4, -0.2) is 32.7 Å². The highest BCUT2D eigenvalue weighted by molar-refractivity contribution is 5.96. The molecule has 0 spiro atoms. The molecule has 3 rings (SSSR count). The smallest absolute Gasteiger partial charge is 0.431 e. The molecule has 7 nitrogen and oxygen atoms in total. The van der Waals surface area contributed by atoms with E-state index in [2.05, 4.69) is 15.5 Å². The lowest BCUT2D eigenvalue weighted by molar-refractivity contribution is -0.141. The minimum Gasteiger partial charge on any atom is -0.462 e. The molecule has 1 aliphatic carbocycles. The van der Waals surface area contributed by atoms with Gasteiger partial charge in [-0.05, 0) is 31.9 Å². The standard InChI is InChI=1S/C14H12F3N5O2/c1-2-24-11(23)8-3-4-9(14(15,16)17)22-10(8)20-21-12(22)19-13(7-18)5-6-13/h3-4H,2,5-6H2,1H3,(H,19,21). The Bertz CT molecular complexity index is 848. The Morgan fingerprint density at radius 2 is 2.17 bits per heavy atom. The second kappa shape index (κ2) is 5.36. The van der Waals surface area contributed by atoms with Gasteiger partial charge in [0.15, 0.2) is 5.65 Å². The zero-order chi connectivity index (χ0) is 17.5. The maximum Gasteiger partial charge on any atom is 0.431 e. The van der Waals surface area contributed by atoms with Crippen LogP contribution in [0.5, 0.6) is 0 Å². The van der Waals surface area contributed by atoms with Crippen molar-refractivity contribution in [2.24, 2.45) is 0 Å². The average Bonchev–Trinajstić information content (AvgIpc) is 3.18. The lowest BCUT2D eigenvalue weighted by Gasteiger charge is -2.14. The number of nitrogens with zero attached hydrogens (tertiary/aromatic N) is 4. The molecule has 0 saturated heterocycles. The molecule has 0 amide bonds. The van der Waals surface area contributed by atoms with E-state index in [4.69, 9.17) is 10.00 Å². The fraction of sp³-hybridized carbons (Fsp3) is 0.429. The normalized spacial score (nSPS) is 15.8. The summed E-state index contributed by atoms with van der Waals surface area (Å²) in [5.74, 6) is -1.03. The Kier molecular flexibility index (Phi) is 3.59. The van der Waals surface area contributed by atoms with E-state index in [-0.39, 0.29) is 23.8 Å². The fourth-order valence-electron chi connectivity index (χ4n) is 2.27. The molecule has 24 heavy (non-hydrogen) atoms. The summed E-state index contributed by atoms with van der Waals surface area (Å²) in [6.07, 6.45) is -3.69. The second-order valence-corrected chi connectivity index (χ2v) is 5.35. The van der Waals surface area contributed by atoms with Crippen LogP contribution in [0.4, 0.5) is 19.1 Å². The number of ether oxygens (including phenoxy) is 1. The molecule has 126 valence electrons. The van der Waals surface area contributed by atoms with Gasteiger partial charge in [0.05, 0.1) is 12.7 Å². The molecule has 2 heterocycles. The lowest BCUT2D eigenvalue weighted by atomic mass is 10.2. The number of aromatic nitrogens is 3. The minimum atomic E-state index is -4.69. The molecule has 0 atom stereocenters. The van der Waals surface area contributed by atoms with Gasteiger partial charge in [-0.3, -0.25) is 4.40 Å². The molecule has 0 unspecified atom stereocenters. The molecule has 0 aliphatic heterocycles. The number of nitriles is 1. The number of nitrogens with one attached hydrogen (secondary N) is 1. The van der Waals surface area contributed by atoms with E-state index in [0.717, 1.165) is 12.1 Å². The molecule has 0 bridgehead atoms. The molecule has 2 aromatic rings. The van der Waals surface area contributed by atoms with Crippen molar-refractivity contribution >= 4 is 17.6 Å². The Balaban J connectivity index is 2.18. The van der Waals surface area contributed by atoms with Gasteiger partial charge < -0.3 is 10.1 Å². The van der Waals surface area contributed by atoms with Crippen LogP contribution in [0.2, 0.25) is 0 Å². The zero-order valence-electron chi connectivity index (χ0n) is 12.5. The fourth-order valence-corrected chi connectivity index (χ4v) is 2.27. The lowest BCUT2D eigenvalue weighted by Crippen LogP contribution is -2.22. The number of rotatable bonds is 4. The minimum absolute atomic E-state index is 0.0722.